The van der Waals surface area contributed by atoms with Gasteiger partial charge in [0.05, 0.1) is 11.4 Å². The number of benzene rings is 1. The number of esters is 1. The first-order valence-corrected chi connectivity index (χ1v) is 8.27. The Hall–Kier alpha value is -3.68. The van der Waals surface area contributed by atoms with E-state index in [2.05, 4.69) is 4.98 Å². The Morgan fingerprint density at radius 2 is 1.96 bits per heavy atom. The number of ether oxygens (including phenoxy) is 2. The summed E-state index contributed by atoms with van der Waals surface area (Å²) in [6, 6.07) is 13.5. The van der Waals surface area contributed by atoms with Crippen LogP contribution in [-0.2, 0) is 20.9 Å². The molecule has 8 heteroatoms. The second-order valence-electron chi connectivity index (χ2n) is 5.91. The maximum atomic E-state index is 12.2. The highest BCUT2D eigenvalue weighted by Gasteiger charge is 2.27. The molecule has 1 amide bonds. The first-order chi connectivity index (χ1) is 13.1. The van der Waals surface area contributed by atoms with Gasteiger partial charge in [0.15, 0.2) is 6.61 Å². The molecule has 4 rings (SSSR count). The largest absolute Gasteiger partial charge is 0.482 e. The summed E-state index contributed by atoms with van der Waals surface area (Å²) >= 11 is 0. The zero-order valence-corrected chi connectivity index (χ0v) is 14.2. The van der Waals surface area contributed by atoms with Crippen molar-refractivity contribution in [2.75, 3.05) is 18.1 Å². The van der Waals surface area contributed by atoms with Crippen LogP contribution in [0.3, 0.4) is 0 Å². The van der Waals surface area contributed by atoms with Crippen molar-refractivity contribution in [2.24, 2.45) is 0 Å². The third kappa shape index (κ3) is 3.37. The van der Waals surface area contributed by atoms with Gasteiger partial charge in [0.1, 0.15) is 24.5 Å². The Morgan fingerprint density at radius 3 is 2.85 bits per heavy atom. The number of nitrogens with zero attached hydrogens (tertiary/aromatic N) is 3. The summed E-state index contributed by atoms with van der Waals surface area (Å²) in [6.45, 7) is -0.529. The van der Waals surface area contributed by atoms with Gasteiger partial charge in [0, 0.05) is 12.3 Å². The summed E-state index contributed by atoms with van der Waals surface area (Å²) in [6.07, 6.45) is 1.61. The number of aromatic nitrogens is 2. The van der Waals surface area contributed by atoms with Crippen LogP contribution in [0.1, 0.15) is 5.69 Å². The van der Waals surface area contributed by atoms with E-state index in [4.69, 9.17) is 9.47 Å². The van der Waals surface area contributed by atoms with E-state index in [0.29, 0.717) is 22.8 Å². The number of rotatable bonds is 4. The molecule has 3 heterocycles. The summed E-state index contributed by atoms with van der Waals surface area (Å²) in [7, 11) is 0. The molecular formula is C19H15N3O5. The van der Waals surface area contributed by atoms with Crippen molar-refractivity contribution in [3.8, 4) is 5.75 Å². The Bertz CT molecular complexity index is 1090. The molecule has 0 unspecified atom stereocenters. The third-order valence-electron chi connectivity index (χ3n) is 4.10. The summed E-state index contributed by atoms with van der Waals surface area (Å²) < 4.78 is 12.0. The number of hydrogen-bond acceptors (Lipinski definition) is 6. The number of hydrogen-bond donors (Lipinski definition) is 0. The third-order valence-corrected chi connectivity index (χ3v) is 4.10. The van der Waals surface area contributed by atoms with Gasteiger partial charge in [-0.1, -0.05) is 18.2 Å². The second kappa shape index (κ2) is 6.91. The predicted molar refractivity (Wildman–Crippen MR) is 95.5 cm³/mol. The van der Waals surface area contributed by atoms with Gasteiger partial charge in [0.25, 0.3) is 11.5 Å². The van der Waals surface area contributed by atoms with Crippen molar-refractivity contribution in [3.05, 3.63) is 70.8 Å². The Morgan fingerprint density at radius 1 is 1.15 bits per heavy atom. The molecule has 2 aromatic heterocycles. The van der Waals surface area contributed by atoms with Crippen molar-refractivity contribution in [2.45, 2.75) is 6.61 Å². The normalized spacial score (nSPS) is 13.2. The van der Waals surface area contributed by atoms with Crippen LogP contribution in [0.25, 0.3) is 5.65 Å². The molecule has 1 aliphatic heterocycles. The number of para-hydroxylation sites is 2. The summed E-state index contributed by atoms with van der Waals surface area (Å²) in [5, 5.41) is 0. The molecule has 8 nitrogen and oxygen atoms in total. The number of amides is 1. The SMILES string of the molecule is O=C(CN1C(=O)COc2ccccc21)OCc1cc(=O)n2ccccc2n1. The molecule has 1 aliphatic rings. The first kappa shape index (κ1) is 16.8. The van der Waals surface area contributed by atoms with Crippen molar-refractivity contribution in [1.82, 2.24) is 9.38 Å². The van der Waals surface area contributed by atoms with Gasteiger partial charge in [-0.2, -0.15) is 0 Å². The highest BCUT2D eigenvalue weighted by Crippen LogP contribution is 2.31. The summed E-state index contributed by atoms with van der Waals surface area (Å²) in [4.78, 5) is 42.0. The van der Waals surface area contributed by atoms with Gasteiger partial charge < -0.3 is 9.47 Å². The number of carbonyl (C=O) groups excluding carboxylic acids is 2. The van der Waals surface area contributed by atoms with Crippen LogP contribution in [0.4, 0.5) is 5.69 Å². The van der Waals surface area contributed by atoms with E-state index in [9.17, 15) is 14.4 Å². The van der Waals surface area contributed by atoms with Crippen LogP contribution < -0.4 is 15.2 Å². The topological polar surface area (TPSA) is 90.2 Å². The maximum Gasteiger partial charge on any atom is 0.326 e. The molecular weight excluding hydrogens is 350 g/mol. The lowest BCUT2D eigenvalue weighted by Crippen LogP contribution is -2.42. The molecule has 0 saturated heterocycles. The van der Waals surface area contributed by atoms with E-state index < -0.39 is 5.97 Å². The van der Waals surface area contributed by atoms with Crippen LogP contribution in [0, 0.1) is 0 Å². The van der Waals surface area contributed by atoms with Crippen LogP contribution >= 0.6 is 0 Å². The minimum Gasteiger partial charge on any atom is -0.482 e. The average molecular weight is 365 g/mol. The molecule has 0 N–H and O–H groups in total. The molecule has 136 valence electrons. The van der Waals surface area contributed by atoms with Gasteiger partial charge in [-0.15, -0.1) is 0 Å². The second-order valence-corrected chi connectivity index (χ2v) is 5.91. The minimum absolute atomic E-state index is 0.132. The van der Waals surface area contributed by atoms with E-state index in [1.54, 1.807) is 48.7 Å². The molecule has 0 spiro atoms. The lowest BCUT2D eigenvalue weighted by Gasteiger charge is -2.28. The molecule has 3 aromatic rings. The van der Waals surface area contributed by atoms with E-state index in [1.807, 2.05) is 0 Å². The minimum atomic E-state index is -0.602. The standard InChI is InChI=1S/C19H15N3O5/c23-17-9-13(20-16-7-3-4-8-21(16)17)11-27-19(25)10-22-14-5-1-2-6-15(14)26-12-18(22)24/h1-9H,10-12H2. The highest BCUT2D eigenvalue weighted by molar-refractivity contribution is 6.01. The molecule has 27 heavy (non-hydrogen) atoms. The fourth-order valence-corrected chi connectivity index (χ4v) is 2.83. The fourth-order valence-electron chi connectivity index (χ4n) is 2.83. The molecule has 0 bridgehead atoms. The first-order valence-electron chi connectivity index (χ1n) is 8.27. The quantitative estimate of drug-likeness (QED) is 0.645. The van der Waals surface area contributed by atoms with Crippen LogP contribution in [0.2, 0.25) is 0 Å². The van der Waals surface area contributed by atoms with Gasteiger partial charge in [-0.05, 0) is 24.3 Å². The monoisotopic (exact) mass is 365 g/mol. The lowest BCUT2D eigenvalue weighted by atomic mass is 10.2. The molecule has 0 radical (unpaired) electrons. The van der Waals surface area contributed by atoms with Crippen LogP contribution in [0.15, 0.2) is 59.5 Å². The van der Waals surface area contributed by atoms with E-state index in [1.165, 1.54) is 15.4 Å². The molecule has 0 fully saturated rings. The van der Waals surface area contributed by atoms with E-state index >= 15 is 0 Å². The van der Waals surface area contributed by atoms with E-state index in [-0.39, 0.29) is 31.2 Å². The Kier molecular flexibility index (Phi) is 4.29. The zero-order chi connectivity index (χ0) is 18.8. The number of fused-ring (bicyclic) bond motifs is 2. The predicted octanol–water partition coefficient (Wildman–Crippen LogP) is 1.16. The summed E-state index contributed by atoms with van der Waals surface area (Å²) in [5.41, 5.74) is 1.07. The van der Waals surface area contributed by atoms with Gasteiger partial charge in [0.2, 0.25) is 0 Å². The van der Waals surface area contributed by atoms with Crippen molar-refractivity contribution < 1.29 is 19.1 Å². The fraction of sp³-hybridized carbons (Fsp3) is 0.158. The van der Waals surface area contributed by atoms with Gasteiger partial charge in [-0.3, -0.25) is 23.7 Å². The van der Waals surface area contributed by atoms with Crippen molar-refractivity contribution in [1.29, 1.82) is 0 Å². The number of anilines is 1. The zero-order valence-electron chi connectivity index (χ0n) is 14.2. The molecule has 1 aromatic carbocycles. The summed E-state index contributed by atoms with van der Waals surface area (Å²) in [5.74, 6) is -0.392. The Labute approximate surface area is 153 Å². The average Bonchev–Trinajstić information content (AvgIpc) is 2.69. The molecule has 0 aliphatic carbocycles. The number of pyridine rings is 1. The van der Waals surface area contributed by atoms with Gasteiger partial charge in [-0.25, -0.2) is 4.98 Å². The van der Waals surface area contributed by atoms with Crippen LogP contribution in [0.5, 0.6) is 5.75 Å². The molecule has 0 saturated carbocycles. The van der Waals surface area contributed by atoms with Crippen molar-refractivity contribution >= 4 is 23.2 Å². The maximum absolute atomic E-state index is 12.2. The lowest BCUT2D eigenvalue weighted by molar-refractivity contribution is -0.144. The van der Waals surface area contributed by atoms with E-state index in [0.717, 1.165) is 0 Å². The number of carbonyl (C=O) groups is 2. The highest BCUT2D eigenvalue weighted by atomic mass is 16.5. The Balaban J connectivity index is 1.46. The van der Waals surface area contributed by atoms with Gasteiger partial charge >= 0.3 is 5.97 Å². The van der Waals surface area contributed by atoms with Crippen molar-refractivity contribution in [3.63, 3.8) is 0 Å². The smallest absolute Gasteiger partial charge is 0.326 e. The molecule has 0 atom stereocenters. The van der Waals surface area contributed by atoms with Crippen LogP contribution in [-0.4, -0.2) is 34.4 Å².